The standard InChI is InChI=1S/C15H25NO2/c1-6-11(3)15(16-7-2)14-12(17-4)9-8-10-13(14)18-5/h8-11,15-16H,6-7H2,1-5H3. The van der Waals surface area contributed by atoms with Crippen LogP contribution in [0.1, 0.15) is 38.8 Å². The molecule has 0 heterocycles. The van der Waals surface area contributed by atoms with Crippen LogP contribution in [-0.4, -0.2) is 20.8 Å². The van der Waals surface area contributed by atoms with Gasteiger partial charge in [0.15, 0.2) is 0 Å². The molecule has 0 amide bonds. The van der Waals surface area contributed by atoms with Crippen LogP contribution in [0.2, 0.25) is 0 Å². The van der Waals surface area contributed by atoms with Crippen LogP contribution in [0.15, 0.2) is 18.2 Å². The fourth-order valence-corrected chi connectivity index (χ4v) is 2.23. The minimum Gasteiger partial charge on any atom is -0.496 e. The maximum atomic E-state index is 5.49. The van der Waals surface area contributed by atoms with Crippen molar-refractivity contribution in [3.05, 3.63) is 23.8 Å². The first-order valence-electron chi connectivity index (χ1n) is 6.63. The van der Waals surface area contributed by atoms with E-state index in [4.69, 9.17) is 9.47 Å². The normalized spacial score (nSPS) is 14.1. The van der Waals surface area contributed by atoms with Gasteiger partial charge in [0.05, 0.1) is 19.8 Å². The van der Waals surface area contributed by atoms with Gasteiger partial charge in [0.25, 0.3) is 0 Å². The van der Waals surface area contributed by atoms with E-state index in [-0.39, 0.29) is 6.04 Å². The van der Waals surface area contributed by atoms with E-state index in [1.54, 1.807) is 14.2 Å². The third-order valence-corrected chi connectivity index (χ3v) is 3.41. The number of hydrogen-bond donors (Lipinski definition) is 1. The zero-order chi connectivity index (χ0) is 13.5. The van der Waals surface area contributed by atoms with E-state index in [1.807, 2.05) is 18.2 Å². The third kappa shape index (κ3) is 3.16. The molecule has 0 spiro atoms. The van der Waals surface area contributed by atoms with Crippen molar-refractivity contribution in [3.63, 3.8) is 0 Å². The molecule has 3 heteroatoms. The number of methoxy groups -OCH3 is 2. The Morgan fingerprint density at radius 1 is 1.11 bits per heavy atom. The van der Waals surface area contributed by atoms with E-state index in [0.717, 1.165) is 30.0 Å². The molecule has 18 heavy (non-hydrogen) atoms. The Kier molecular flexibility index (Phi) is 5.99. The molecule has 0 aliphatic carbocycles. The van der Waals surface area contributed by atoms with Gasteiger partial charge < -0.3 is 14.8 Å². The Labute approximate surface area is 110 Å². The fraction of sp³-hybridized carbons (Fsp3) is 0.600. The van der Waals surface area contributed by atoms with Crippen molar-refractivity contribution in [2.45, 2.75) is 33.2 Å². The van der Waals surface area contributed by atoms with Gasteiger partial charge in [0.2, 0.25) is 0 Å². The molecule has 1 aromatic rings. The third-order valence-electron chi connectivity index (χ3n) is 3.41. The Bertz CT molecular complexity index is 343. The van der Waals surface area contributed by atoms with Crippen LogP contribution in [0.3, 0.4) is 0 Å². The fourth-order valence-electron chi connectivity index (χ4n) is 2.23. The quantitative estimate of drug-likeness (QED) is 0.805. The Hall–Kier alpha value is -1.22. The number of hydrogen-bond acceptors (Lipinski definition) is 3. The molecule has 0 fully saturated rings. The van der Waals surface area contributed by atoms with Crippen molar-refractivity contribution in [1.29, 1.82) is 0 Å². The maximum Gasteiger partial charge on any atom is 0.127 e. The highest BCUT2D eigenvalue weighted by atomic mass is 16.5. The largest absolute Gasteiger partial charge is 0.496 e. The highest BCUT2D eigenvalue weighted by molar-refractivity contribution is 5.47. The molecule has 0 aliphatic heterocycles. The average Bonchev–Trinajstić information content (AvgIpc) is 2.43. The second-order valence-electron chi connectivity index (χ2n) is 4.50. The van der Waals surface area contributed by atoms with E-state index >= 15 is 0 Å². The van der Waals surface area contributed by atoms with Crippen LogP contribution < -0.4 is 14.8 Å². The molecule has 0 saturated carbocycles. The summed E-state index contributed by atoms with van der Waals surface area (Å²) in [5.41, 5.74) is 1.12. The van der Waals surface area contributed by atoms with Crippen molar-refractivity contribution >= 4 is 0 Å². The Balaban J connectivity index is 3.23. The summed E-state index contributed by atoms with van der Waals surface area (Å²) in [6.45, 7) is 7.50. The molecule has 102 valence electrons. The molecule has 1 aromatic carbocycles. The van der Waals surface area contributed by atoms with E-state index in [0.29, 0.717) is 5.92 Å². The number of rotatable bonds is 7. The van der Waals surface area contributed by atoms with Gasteiger partial charge in [-0.2, -0.15) is 0 Å². The summed E-state index contributed by atoms with van der Waals surface area (Å²) in [5, 5.41) is 3.54. The lowest BCUT2D eigenvalue weighted by atomic mass is 9.91. The van der Waals surface area contributed by atoms with E-state index in [9.17, 15) is 0 Å². The van der Waals surface area contributed by atoms with Gasteiger partial charge in [-0.3, -0.25) is 0 Å². The molecule has 0 saturated heterocycles. The van der Waals surface area contributed by atoms with Gasteiger partial charge >= 0.3 is 0 Å². The molecular weight excluding hydrogens is 226 g/mol. The maximum absolute atomic E-state index is 5.49. The van der Waals surface area contributed by atoms with Crippen LogP contribution in [0.5, 0.6) is 11.5 Å². The summed E-state index contributed by atoms with van der Waals surface area (Å²) >= 11 is 0. The van der Waals surface area contributed by atoms with Crippen molar-refractivity contribution in [3.8, 4) is 11.5 Å². The van der Waals surface area contributed by atoms with Gasteiger partial charge in [-0.25, -0.2) is 0 Å². The zero-order valence-corrected chi connectivity index (χ0v) is 12.1. The summed E-state index contributed by atoms with van der Waals surface area (Å²) < 4.78 is 11.0. The Morgan fingerprint density at radius 3 is 2.06 bits per heavy atom. The Morgan fingerprint density at radius 2 is 1.67 bits per heavy atom. The minimum absolute atomic E-state index is 0.256. The molecule has 0 radical (unpaired) electrons. The van der Waals surface area contributed by atoms with Crippen LogP contribution in [0.25, 0.3) is 0 Å². The molecule has 1 N–H and O–H groups in total. The molecule has 3 nitrogen and oxygen atoms in total. The first-order chi connectivity index (χ1) is 8.69. The summed E-state index contributed by atoms with van der Waals surface area (Å²) in [6, 6.07) is 6.20. The van der Waals surface area contributed by atoms with Crippen molar-refractivity contribution in [1.82, 2.24) is 5.32 Å². The molecule has 0 aliphatic rings. The van der Waals surface area contributed by atoms with Crippen molar-refractivity contribution in [2.24, 2.45) is 5.92 Å². The number of nitrogens with one attached hydrogen (secondary N) is 1. The van der Waals surface area contributed by atoms with Gasteiger partial charge in [-0.1, -0.05) is 33.3 Å². The minimum atomic E-state index is 0.256. The van der Waals surface area contributed by atoms with E-state index < -0.39 is 0 Å². The predicted octanol–water partition coefficient (Wildman–Crippen LogP) is 3.40. The molecular formula is C15H25NO2. The second-order valence-corrected chi connectivity index (χ2v) is 4.50. The van der Waals surface area contributed by atoms with Gasteiger partial charge in [-0.05, 0) is 24.6 Å². The first kappa shape index (κ1) is 14.8. The molecule has 0 bridgehead atoms. The van der Waals surface area contributed by atoms with Gasteiger partial charge in [0, 0.05) is 6.04 Å². The second kappa shape index (κ2) is 7.27. The van der Waals surface area contributed by atoms with Crippen LogP contribution in [0, 0.1) is 5.92 Å². The number of benzene rings is 1. The van der Waals surface area contributed by atoms with Crippen LogP contribution in [-0.2, 0) is 0 Å². The lowest BCUT2D eigenvalue weighted by Crippen LogP contribution is -2.27. The monoisotopic (exact) mass is 251 g/mol. The molecule has 0 aromatic heterocycles. The van der Waals surface area contributed by atoms with E-state index in [2.05, 4.69) is 26.1 Å². The van der Waals surface area contributed by atoms with Crippen LogP contribution >= 0.6 is 0 Å². The van der Waals surface area contributed by atoms with Crippen LogP contribution in [0.4, 0.5) is 0 Å². The summed E-state index contributed by atoms with van der Waals surface area (Å²) in [7, 11) is 3.41. The summed E-state index contributed by atoms with van der Waals surface area (Å²) in [6.07, 6.45) is 1.11. The van der Waals surface area contributed by atoms with Crippen molar-refractivity contribution in [2.75, 3.05) is 20.8 Å². The predicted molar refractivity (Wildman–Crippen MR) is 75.4 cm³/mol. The highest BCUT2D eigenvalue weighted by Crippen LogP contribution is 2.38. The van der Waals surface area contributed by atoms with E-state index in [1.165, 1.54) is 0 Å². The zero-order valence-electron chi connectivity index (χ0n) is 12.1. The summed E-state index contributed by atoms with van der Waals surface area (Å²) in [5.74, 6) is 2.30. The van der Waals surface area contributed by atoms with Gasteiger partial charge in [-0.15, -0.1) is 0 Å². The smallest absolute Gasteiger partial charge is 0.127 e. The lowest BCUT2D eigenvalue weighted by Gasteiger charge is -2.27. The SMILES string of the molecule is CCNC(c1c(OC)cccc1OC)C(C)CC. The highest BCUT2D eigenvalue weighted by Gasteiger charge is 2.24. The van der Waals surface area contributed by atoms with Gasteiger partial charge in [0.1, 0.15) is 11.5 Å². The molecule has 2 unspecified atom stereocenters. The first-order valence-corrected chi connectivity index (χ1v) is 6.63. The summed E-state index contributed by atoms with van der Waals surface area (Å²) in [4.78, 5) is 0. The topological polar surface area (TPSA) is 30.5 Å². The average molecular weight is 251 g/mol. The molecule has 2 atom stereocenters. The number of ether oxygens (including phenoxy) is 2. The van der Waals surface area contributed by atoms with Crippen molar-refractivity contribution < 1.29 is 9.47 Å². The molecule has 1 rings (SSSR count). The lowest BCUT2D eigenvalue weighted by molar-refractivity contribution is 0.333.